The van der Waals surface area contributed by atoms with E-state index in [9.17, 15) is 4.39 Å². The second kappa shape index (κ2) is 6.18. The highest BCUT2D eigenvalue weighted by molar-refractivity contribution is 6.30. The third-order valence-corrected chi connectivity index (χ3v) is 3.38. The Morgan fingerprint density at radius 2 is 2.00 bits per heavy atom. The molecule has 0 saturated heterocycles. The molecule has 100 valence electrons. The zero-order valence-electron chi connectivity index (χ0n) is 10.9. The minimum absolute atomic E-state index is 0.321. The Bertz CT molecular complexity index is 568. The fraction of sp³-hybridized carbons (Fsp3) is 0.250. The summed E-state index contributed by atoms with van der Waals surface area (Å²) >= 11 is 5.91. The summed E-state index contributed by atoms with van der Waals surface area (Å²) in [6, 6.07) is 12.0. The Morgan fingerprint density at radius 1 is 1.21 bits per heavy atom. The predicted octanol–water partition coefficient (Wildman–Crippen LogP) is 4.48. The zero-order valence-corrected chi connectivity index (χ0v) is 11.6. The number of halogens is 2. The molecule has 0 aliphatic heterocycles. The van der Waals surface area contributed by atoms with Crippen molar-refractivity contribution in [2.75, 3.05) is 0 Å². The van der Waals surface area contributed by atoms with Gasteiger partial charge in [0.2, 0.25) is 0 Å². The molecular formula is C16H17ClFN. The van der Waals surface area contributed by atoms with Crippen molar-refractivity contribution in [3.8, 4) is 0 Å². The molecule has 0 aliphatic rings. The molecular weight excluding hydrogens is 261 g/mol. The molecule has 0 spiro atoms. The van der Waals surface area contributed by atoms with Crippen molar-refractivity contribution in [1.82, 2.24) is 0 Å². The molecule has 0 heterocycles. The molecule has 0 bridgehead atoms. The van der Waals surface area contributed by atoms with E-state index in [1.807, 2.05) is 18.2 Å². The molecule has 3 heteroatoms. The summed E-state index contributed by atoms with van der Waals surface area (Å²) in [6.07, 6.45) is 2.07. The second-order valence-corrected chi connectivity index (χ2v) is 5.07. The number of rotatable bonds is 4. The highest BCUT2D eigenvalue weighted by Gasteiger charge is 2.14. The van der Waals surface area contributed by atoms with Gasteiger partial charge in [0.1, 0.15) is 5.82 Å². The summed E-state index contributed by atoms with van der Waals surface area (Å²) in [5, 5.41) is 0.497. The van der Waals surface area contributed by atoms with Crippen LogP contribution in [-0.2, 0) is 6.42 Å². The molecule has 0 fully saturated rings. The predicted molar refractivity (Wildman–Crippen MR) is 77.9 cm³/mol. The van der Waals surface area contributed by atoms with Gasteiger partial charge in [0.05, 0.1) is 6.04 Å². The van der Waals surface area contributed by atoms with Gasteiger partial charge in [-0.1, -0.05) is 49.2 Å². The van der Waals surface area contributed by atoms with Gasteiger partial charge in [-0.05, 0) is 35.7 Å². The minimum atomic E-state index is -0.490. The summed E-state index contributed by atoms with van der Waals surface area (Å²) in [4.78, 5) is 0. The van der Waals surface area contributed by atoms with E-state index < -0.39 is 6.04 Å². The van der Waals surface area contributed by atoms with Gasteiger partial charge in [0.15, 0.2) is 0 Å². The lowest BCUT2D eigenvalue weighted by Crippen LogP contribution is -2.14. The first-order valence-corrected chi connectivity index (χ1v) is 6.79. The summed E-state index contributed by atoms with van der Waals surface area (Å²) in [6.45, 7) is 2.13. The maximum atomic E-state index is 13.8. The fourth-order valence-electron chi connectivity index (χ4n) is 2.16. The molecule has 2 N–H and O–H groups in total. The normalized spacial score (nSPS) is 12.4. The van der Waals surface area contributed by atoms with Gasteiger partial charge < -0.3 is 5.73 Å². The maximum Gasteiger partial charge on any atom is 0.128 e. The van der Waals surface area contributed by atoms with Gasteiger partial charge in [0.25, 0.3) is 0 Å². The lowest BCUT2D eigenvalue weighted by atomic mass is 9.96. The van der Waals surface area contributed by atoms with Gasteiger partial charge in [-0.25, -0.2) is 4.39 Å². The smallest absolute Gasteiger partial charge is 0.128 e. The van der Waals surface area contributed by atoms with Crippen molar-refractivity contribution in [3.05, 3.63) is 70.0 Å². The second-order valence-electron chi connectivity index (χ2n) is 4.64. The first kappa shape index (κ1) is 14.0. The van der Waals surface area contributed by atoms with Crippen LogP contribution in [0.25, 0.3) is 0 Å². The van der Waals surface area contributed by atoms with Crippen LogP contribution in [0.5, 0.6) is 0 Å². The molecule has 0 aromatic heterocycles. The molecule has 2 rings (SSSR count). The molecule has 2 aromatic rings. The average Bonchev–Trinajstić information content (AvgIpc) is 2.41. The molecule has 1 nitrogen and oxygen atoms in total. The minimum Gasteiger partial charge on any atom is -0.320 e. The van der Waals surface area contributed by atoms with Crippen LogP contribution in [0.15, 0.2) is 42.5 Å². The van der Waals surface area contributed by atoms with Crippen molar-refractivity contribution in [3.63, 3.8) is 0 Å². The molecule has 0 radical (unpaired) electrons. The quantitative estimate of drug-likeness (QED) is 0.876. The number of aryl methyl sites for hydroxylation is 1. The fourth-order valence-corrected chi connectivity index (χ4v) is 2.34. The molecule has 1 atom stereocenters. The summed E-state index contributed by atoms with van der Waals surface area (Å²) in [5.41, 5.74) is 8.71. The first-order chi connectivity index (χ1) is 9.11. The van der Waals surface area contributed by atoms with Crippen LogP contribution in [0.3, 0.4) is 0 Å². The molecule has 19 heavy (non-hydrogen) atoms. The maximum absolute atomic E-state index is 13.8. The highest BCUT2D eigenvalue weighted by atomic mass is 35.5. The Kier molecular flexibility index (Phi) is 4.56. The Morgan fingerprint density at radius 3 is 2.74 bits per heavy atom. The molecule has 0 amide bonds. The standard InChI is InChI=1S/C16H17ClFN/c1-2-4-11-5-3-6-12(9-11)16(19)14-10-13(17)7-8-15(14)18/h3,5-10,16H,2,4,19H2,1H3. The third-order valence-electron chi connectivity index (χ3n) is 3.14. The van der Waals surface area contributed by atoms with Gasteiger partial charge in [-0.2, -0.15) is 0 Å². The lowest BCUT2D eigenvalue weighted by Gasteiger charge is -2.15. The van der Waals surface area contributed by atoms with Crippen molar-refractivity contribution in [2.24, 2.45) is 5.73 Å². The highest BCUT2D eigenvalue weighted by Crippen LogP contribution is 2.25. The monoisotopic (exact) mass is 277 g/mol. The Balaban J connectivity index is 2.35. The molecule has 2 aromatic carbocycles. The lowest BCUT2D eigenvalue weighted by molar-refractivity contribution is 0.599. The van der Waals surface area contributed by atoms with Crippen LogP contribution >= 0.6 is 11.6 Å². The number of benzene rings is 2. The van der Waals surface area contributed by atoms with E-state index in [0.29, 0.717) is 10.6 Å². The van der Waals surface area contributed by atoms with Crippen molar-refractivity contribution in [1.29, 1.82) is 0 Å². The molecule has 0 aliphatic carbocycles. The van der Waals surface area contributed by atoms with E-state index >= 15 is 0 Å². The summed E-state index contributed by atoms with van der Waals surface area (Å²) in [5.74, 6) is -0.321. The number of nitrogens with two attached hydrogens (primary N) is 1. The van der Waals surface area contributed by atoms with Crippen LogP contribution in [0, 0.1) is 5.82 Å². The van der Waals surface area contributed by atoms with E-state index in [4.69, 9.17) is 17.3 Å². The zero-order chi connectivity index (χ0) is 13.8. The Labute approximate surface area is 118 Å². The summed E-state index contributed by atoms with van der Waals surface area (Å²) < 4.78 is 13.8. The topological polar surface area (TPSA) is 26.0 Å². The largest absolute Gasteiger partial charge is 0.320 e. The summed E-state index contributed by atoms with van der Waals surface area (Å²) in [7, 11) is 0. The average molecular weight is 278 g/mol. The van der Waals surface area contributed by atoms with Crippen LogP contribution in [0.2, 0.25) is 5.02 Å². The van der Waals surface area contributed by atoms with Crippen LogP contribution in [-0.4, -0.2) is 0 Å². The Hall–Kier alpha value is -1.38. The SMILES string of the molecule is CCCc1cccc(C(N)c2cc(Cl)ccc2F)c1. The molecule has 1 unspecified atom stereocenters. The van der Waals surface area contributed by atoms with Crippen molar-refractivity contribution in [2.45, 2.75) is 25.8 Å². The number of hydrogen-bond donors (Lipinski definition) is 1. The van der Waals surface area contributed by atoms with Gasteiger partial charge in [0, 0.05) is 10.6 Å². The van der Waals surface area contributed by atoms with E-state index in [1.165, 1.54) is 17.7 Å². The van der Waals surface area contributed by atoms with Gasteiger partial charge in [-0.15, -0.1) is 0 Å². The van der Waals surface area contributed by atoms with Crippen molar-refractivity contribution >= 4 is 11.6 Å². The van der Waals surface area contributed by atoms with Crippen LogP contribution in [0.4, 0.5) is 4.39 Å². The van der Waals surface area contributed by atoms with E-state index in [2.05, 4.69) is 13.0 Å². The van der Waals surface area contributed by atoms with Crippen molar-refractivity contribution < 1.29 is 4.39 Å². The van der Waals surface area contributed by atoms with Gasteiger partial charge >= 0.3 is 0 Å². The van der Waals surface area contributed by atoms with E-state index in [-0.39, 0.29) is 5.82 Å². The third kappa shape index (κ3) is 3.34. The van der Waals surface area contributed by atoms with Gasteiger partial charge in [-0.3, -0.25) is 0 Å². The van der Waals surface area contributed by atoms with Crippen LogP contribution < -0.4 is 5.73 Å². The first-order valence-electron chi connectivity index (χ1n) is 6.41. The molecule has 0 saturated carbocycles. The van der Waals surface area contributed by atoms with E-state index in [1.54, 1.807) is 6.07 Å². The van der Waals surface area contributed by atoms with E-state index in [0.717, 1.165) is 18.4 Å². The van der Waals surface area contributed by atoms with Crippen LogP contribution in [0.1, 0.15) is 36.1 Å². The number of hydrogen-bond acceptors (Lipinski definition) is 1.